The monoisotopic (exact) mass is 650 g/mol. The van der Waals surface area contributed by atoms with Crippen LogP contribution in [0, 0.1) is 0 Å². The number of rotatable bonds is 4. The van der Waals surface area contributed by atoms with Gasteiger partial charge in [-0.3, -0.25) is 0 Å². The molecule has 0 aliphatic carbocycles. The van der Waals surface area contributed by atoms with Crippen LogP contribution >= 0.6 is 0 Å². The highest BCUT2D eigenvalue weighted by Gasteiger charge is 2.26. The molecule has 11 rings (SSSR count). The maximum absolute atomic E-state index is 6.52. The van der Waals surface area contributed by atoms with Gasteiger partial charge in [-0.05, 0) is 81.5 Å². The summed E-state index contributed by atoms with van der Waals surface area (Å²) in [5.74, 6) is 0. The molecule has 0 aliphatic heterocycles. The van der Waals surface area contributed by atoms with Gasteiger partial charge in [0.05, 0.1) is 33.5 Å². The number of nitrogens with zero attached hydrogens (tertiary/aromatic N) is 2. The molecule has 238 valence electrons. The normalized spacial score (nSPS) is 11.9. The Morgan fingerprint density at radius 1 is 0.353 bits per heavy atom. The number of aromatic nitrogens is 1. The third-order valence-electron chi connectivity index (χ3n) is 10.5. The minimum atomic E-state index is 0.869. The van der Waals surface area contributed by atoms with Gasteiger partial charge in [0.15, 0.2) is 0 Å². The average Bonchev–Trinajstić information content (AvgIpc) is 3.75. The van der Waals surface area contributed by atoms with Crippen molar-refractivity contribution in [3.05, 3.63) is 182 Å². The molecule has 0 atom stereocenters. The fourth-order valence-electron chi connectivity index (χ4n) is 8.40. The van der Waals surface area contributed by atoms with Gasteiger partial charge in [0.1, 0.15) is 11.2 Å². The van der Waals surface area contributed by atoms with Crippen molar-refractivity contribution in [3.8, 4) is 5.69 Å². The molecule has 0 fully saturated rings. The molecule has 2 aromatic heterocycles. The van der Waals surface area contributed by atoms with Gasteiger partial charge in [0.25, 0.3) is 0 Å². The van der Waals surface area contributed by atoms with Crippen molar-refractivity contribution < 1.29 is 4.42 Å². The molecule has 0 saturated heterocycles. The van der Waals surface area contributed by atoms with Crippen molar-refractivity contribution >= 4 is 93.1 Å². The van der Waals surface area contributed by atoms with E-state index in [0.29, 0.717) is 0 Å². The van der Waals surface area contributed by atoms with Crippen molar-refractivity contribution in [3.63, 3.8) is 0 Å². The minimum absolute atomic E-state index is 0.869. The fourth-order valence-corrected chi connectivity index (χ4v) is 8.40. The molecule has 3 nitrogen and oxygen atoms in total. The van der Waals surface area contributed by atoms with Crippen LogP contribution in [0.15, 0.2) is 186 Å². The van der Waals surface area contributed by atoms with E-state index in [1.165, 1.54) is 48.6 Å². The van der Waals surface area contributed by atoms with Crippen LogP contribution in [0.25, 0.3) is 81.7 Å². The summed E-state index contributed by atoms with van der Waals surface area (Å²) in [6, 6.07) is 65.6. The molecule has 3 heteroatoms. The van der Waals surface area contributed by atoms with Crippen molar-refractivity contribution in [2.45, 2.75) is 0 Å². The maximum Gasteiger partial charge on any atom is 0.137 e. The van der Waals surface area contributed by atoms with Gasteiger partial charge < -0.3 is 13.9 Å². The number of benzene rings is 9. The molecule has 0 spiro atoms. The number of anilines is 3. The summed E-state index contributed by atoms with van der Waals surface area (Å²) in [5, 5.41) is 12.0. The van der Waals surface area contributed by atoms with E-state index in [-0.39, 0.29) is 0 Å². The summed E-state index contributed by atoms with van der Waals surface area (Å²) in [7, 11) is 0. The largest absolute Gasteiger partial charge is 0.456 e. The fraction of sp³-hybridized carbons (Fsp3) is 0. The topological polar surface area (TPSA) is 21.3 Å². The van der Waals surface area contributed by atoms with Crippen LogP contribution in [0.4, 0.5) is 17.1 Å². The molecule has 0 unspecified atom stereocenters. The molecule has 0 aliphatic rings. The summed E-state index contributed by atoms with van der Waals surface area (Å²) in [4.78, 5) is 2.50. The van der Waals surface area contributed by atoms with Gasteiger partial charge in [-0.1, -0.05) is 127 Å². The Morgan fingerprint density at radius 3 is 1.82 bits per heavy atom. The second-order valence-electron chi connectivity index (χ2n) is 13.3. The van der Waals surface area contributed by atoms with Crippen LogP contribution < -0.4 is 4.90 Å². The molecule has 0 amide bonds. The number of fused-ring (bicyclic) bond motifs is 11. The highest BCUT2D eigenvalue weighted by molar-refractivity contribution is 6.25. The van der Waals surface area contributed by atoms with Crippen LogP contribution in [0.2, 0.25) is 0 Å². The second kappa shape index (κ2) is 10.8. The summed E-state index contributed by atoms with van der Waals surface area (Å²) in [6.07, 6.45) is 0. The van der Waals surface area contributed by atoms with E-state index in [1.807, 2.05) is 6.07 Å². The molecular weight excluding hydrogens is 621 g/mol. The van der Waals surface area contributed by atoms with Gasteiger partial charge >= 0.3 is 0 Å². The Morgan fingerprint density at radius 2 is 0.961 bits per heavy atom. The SMILES string of the molecule is c1ccc(-n2c3ccccc3c3c(N(c4cc5c6ccccc6ccc5c5ccccc45)c4cccc5oc6ccccc6c45)cccc32)cc1. The summed E-state index contributed by atoms with van der Waals surface area (Å²) < 4.78 is 8.91. The molecule has 2 heterocycles. The lowest BCUT2D eigenvalue weighted by atomic mass is 9.94. The van der Waals surface area contributed by atoms with Gasteiger partial charge in [0.2, 0.25) is 0 Å². The summed E-state index contributed by atoms with van der Waals surface area (Å²) in [6.45, 7) is 0. The summed E-state index contributed by atoms with van der Waals surface area (Å²) in [5.41, 5.74) is 8.53. The second-order valence-corrected chi connectivity index (χ2v) is 13.3. The first-order valence-corrected chi connectivity index (χ1v) is 17.4. The number of para-hydroxylation sites is 3. The third-order valence-corrected chi connectivity index (χ3v) is 10.5. The molecule has 0 N–H and O–H groups in total. The first kappa shape index (κ1) is 28.0. The minimum Gasteiger partial charge on any atom is -0.456 e. The smallest absolute Gasteiger partial charge is 0.137 e. The van der Waals surface area contributed by atoms with Crippen LogP contribution in [-0.4, -0.2) is 4.57 Å². The van der Waals surface area contributed by atoms with Gasteiger partial charge in [-0.2, -0.15) is 0 Å². The average molecular weight is 651 g/mol. The quantitative estimate of drug-likeness (QED) is 0.177. The zero-order valence-electron chi connectivity index (χ0n) is 27.6. The standard InChI is InChI=1S/C48H30N2O/c1-2-15-32(16-3-1)49-40-22-10-8-20-37(40)47-41(49)23-12-24-42(47)50(43-25-13-27-46-48(43)38-21-9-11-26-45(38)51-46)44-30-39-33-17-5-4-14-31(33)28-29-35(39)34-18-6-7-19-36(34)44/h1-30H. The molecule has 51 heavy (non-hydrogen) atoms. The van der Waals surface area contributed by atoms with E-state index >= 15 is 0 Å². The molecule has 0 saturated carbocycles. The third kappa shape index (κ3) is 4.06. The van der Waals surface area contributed by atoms with Crippen molar-refractivity contribution in [1.29, 1.82) is 0 Å². The Bertz CT molecular complexity index is 3150. The number of hydrogen-bond donors (Lipinski definition) is 0. The zero-order valence-corrected chi connectivity index (χ0v) is 27.6. The van der Waals surface area contributed by atoms with E-state index in [4.69, 9.17) is 4.42 Å². The Balaban J connectivity index is 1.35. The number of furan rings is 1. The lowest BCUT2D eigenvalue weighted by Crippen LogP contribution is -2.11. The molecular formula is C48H30N2O. The highest BCUT2D eigenvalue weighted by atomic mass is 16.3. The lowest BCUT2D eigenvalue weighted by molar-refractivity contribution is 0.669. The van der Waals surface area contributed by atoms with E-state index in [1.54, 1.807) is 0 Å². The first-order valence-electron chi connectivity index (χ1n) is 17.4. The Hall–Kier alpha value is -6.84. The Kier molecular flexibility index (Phi) is 5.96. The van der Waals surface area contributed by atoms with Crippen molar-refractivity contribution in [2.24, 2.45) is 0 Å². The van der Waals surface area contributed by atoms with Gasteiger partial charge in [0, 0.05) is 27.2 Å². The van der Waals surface area contributed by atoms with Crippen LogP contribution in [0.1, 0.15) is 0 Å². The van der Waals surface area contributed by atoms with E-state index in [9.17, 15) is 0 Å². The van der Waals surface area contributed by atoms with Crippen LogP contribution in [0.3, 0.4) is 0 Å². The molecule has 9 aromatic carbocycles. The highest BCUT2D eigenvalue weighted by Crippen LogP contribution is 2.50. The molecule has 0 radical (unpaired) electrons. The van der Waals surface area contributed by atoms with Crippen molar-refractivity contribution in [1.82, 2.24) is 4.57 Å². The first-order chi connectivity index (χ1) is 25.3. The lowest BCUT2D eigenvalue weighted by Gasteiger charge is -2.29. The maximum atomic E-state index is 6.52. The summed E-state index contributed by atoms with van der Waals surface area (Å²) >= 11 is 0. The van der Waals surface area contributed by atoms with Crippen LogP contribution in [-0.2, 0) is 0 Å². The Labute approximate surface area is 293 Å². The van der Waals surface area contributed by atoms with Crippen molar-refractivity contribution in [2.75, 3.05) is 4.90 Å². The molecule has 11 aromatic rings. The van der Waals surface area contributed by atoms with Gasteiger partial charge in [-0.25, -0.2) is 0 Å². The van der Waals surface area contributed by atoms with E-state index in [0.717, 1.165) is 50.2 Å². The zero-order chi connectivity index (χ0) is 33.5. The van der Waals surface area contributed by atoms with Crippen LogP contribution in [0.5, 0.6) is 0 Å². The molecule has 0 bridgehead atoms. The predicted octanol–water partition coefficient (Wildman–Crippen LogP) is 13.6. The van der Waals surface area contributed by atoms with Gasteiger partial charge in [-0.15, -0.1) is 0 Å². The predicted molar refractivity (Wildman–Crippen MR) is 215 cm³/mol. The van der Waals surface area contributed by atoms with E-state index < -0.39 is 0 Å². The van der Waals surface area contributed by atoms with E-state index in [2.05, 4.69) is 185 Å². The number of hydrogen-bond acceptors (Lipinski definition) is 2.